The zero-order valence-corrected chi connectivity index (χ0v) is 14.5. The Bertz CT molecular complexity index is 926. The highest BCUT2D eigenvalue weighted by atomic mass is 16.5. The van der Waals surface area contributed by atoms with E-state index in [1.54, 1.807) is 18.2 Å². The van der Waals surface area contributed by atoms with Gasteiger partial charge < -0.3 is 14.9 Å². The van der Waals surface area contributed by atoms with Crippen LogP contribution in [0.2, 0.25) is 0 Å². The van der Waals surface area contributed by atoms with E-state index >= 15 is 0 Å². The van der Waals surface area contributed by atoms with Gasteiger partial charge in [0.2, 0.25) is 0 Å². The molecule has 25 heavy (non-hydrogen) atoms. The lowest BCUT2D eigenvalue weighted by atomic mass is 10.0. The average Bonchev–Trinajstić information content (AvgIpc) is 2.61. The van der Waals surface area contributed by atoms with Crippen LogP contribution in [0.15, 0.2) is 60.4 Å². The molecule has 0 spiro atoms. The molecule has 3 aromatic rings. The standard InChI is InChI=1S/C22H22O3/c1-3-15-6-9-21(13-17(15)11-19(23)4-2)25-22-10-7-16-5-8-20(24)12-18(16)14-22/h5-14,23-24H,3-4H2,1-2H3/b19-11+. The second-order valence-corrected chi connectivity index (χ2v) is 6.00. The molecule has 0 aliphatic heterocycles. The highest BCUT2D eigenvalue weighted by Crippen LogP contribution is 2.29. The summed E-state index contributed by atoms with van der Waals surface area (Å²) in [6.07, 6.45) is 3.28. The van der Waals surface area contributed by atoms with E-state index < -0.39 is 0 Å². The molecule has 3 aromatic carbocycles. The third-order valence-electron chi connectivity index (χ3n) is 4.21. The number of allylic oxidation sites excluding steroid dienone is 1. The first-order valence-electron chi connectivity index (χ1n) is 8.52. The molecule has 0 aromatic heterocycles. The molecule has 0 bridgehead atoms. The van der Waals surface area contributed by atoms with Crippen LogP contribution in [0.4, 0.5) is 0 Å². The molecule has 3 rings (SSSR count). The van der Waals surface area contributed by atoms with Gasteiger partial charge in [-0.2, -0.15) is 0 Å². The maximum atomic E-state index is 9.85. The highest BCUT2D eigenvalue weighted by Gasteiger charge is 2.05. The van der Waals surface area contributed by atoms with Gasteiger partial charge in [-0.1, -0.05) is 32.0 Å². The largest absolute Gasteiger partial charge is 0.512 e. The van der Waals surface area contributed by atoms with Gasteiger partial charge >= 0.3 is 0 Å². The average molecular weight is 334 g/mol. The number of phenolic OH excluding ortho intramolecular Hbond substituents is 1. The van der Waals surface area contributed by atoms with Crippen LogP contribution in [-0.2, 0) is 6.42 Å². The Morgan fingerprint density at radius 3 is 2.40 bits per heavy atom. The van der Waals surface area contributed by atoms with Gasteiger partial charge in [0.25, 0.3) is 0 Å². The molecule has 0 heterocycles. The van der Waals surface area contributed by atoms with Crippen molar-refractivity contribution in [3.05, 3.63) is 71.5 Å². The van der Waals surface area contributed by atoms with Gasteiger partial charge in [0.15, 0.2) is 0 Å². The predicted molar refractivity (Wildman–Crippen MR) is 102 cm³/mol. The summed E-state index contributed by atoms with van der Waals surface area (Å²) in [5.41, 5.74) is 2.13. The van der Waals surface area contributed by atoms with Gasteiger partial charge in [-0.15, -0.1) is 0 Å². The molecule has 0 fully saturated rings. The quantitative estimate of drug-likeness (QED) is 0.545. The minimum atomic E-state index is 0.236. The fourth-order valence-electron chi connectivity index (χ4n) is 2.79. The van der Waals surface area contributed by atoms with Crippen molar-refractivity contribution in [1.29, 1.82) is 0 Å². The smallest absolute Gasteiger partial charge is 0.128 e. The van der Waals surface area contributed by atoms with Crippen LogP contribution >= 0.6 is 0 Å². The highest BCUT2D eigenvalue weighted by molar-refractivity contribution is 5.85. The van der Waals surface area contributed by atoms with Gasteiger partial charge in [-0.3, -0.25) is 0 Å². The summed E-state index contributed by atoms with van der Waals surface area (Å²) in [6, 6.07) is 16.9. The first kappa shape index (κ1) is 16.9. The van der Waals surface area contributed by atoms with Crippen molar-refractivity contribution in [1.82, 2.24) is 0 Å². The maximum Gasteiger partial charge on any atom is 0.128 e. The first-order valence-corrected chi connectivity index (χ1v) is 8.52. The minimum Gasteiger partial charge on any atom is -0.512 e. The summed E-state index contributed by atoms with van der Waals surface area (Å²) < 4.78 is 5.99. The third-order valence-corrected chi connectivity index (χ3v) is 4.21. The molecule has 0 unspecified atom stereocenters. The van der Waals surface area contributed by atoms with E-state index in [-0.39, 0.29) is 5.75 Å². The van der Waals surface area contributed by atoms with Crippen molar-refractivity contribution in [3.63, 3.8) is 0 Å². The number of benzene rings is 3. The maximum absolute atomic E-state index is 9.85. The van der Waals surface area contributed by atoms with Crippen molar-refractivity contribution in [2.24, 2.45) is 0 Å². The normalized spacial score (nSPS) is 11.7. The van der Waals surface area contributed by atoms with E-state index in [0.29, 0.717) is 23.7 Å². The lowest BCUT2D eigenvalue weighted by Gasteiger charge is -2.11. The number of aromatic hydroxyl groups is 1. The molecule has 3 nitrogen and oxygen atoms in total. The van der Waals surface area contributed by atoms with Gasteiger partial charge in [0.1, 0.15) is 17.2 Å². The number of phenols is 1. The topological polar surface area (TPSA) is 49.7 Å². The summed E-state index contributed by atoms with van der Waals surface area (Å²) in [7, 11) is 0. The van der Waals surface area contributed by atoms with Gasteiger partial charge in [0, 0.05) is 6.42 Å². The molecule has 0 amide bonds. The monoisotopic (exact) mass is 334 g/mol. The molecule has 0 aliphatic carbocycles. The molecule has 0 saturated heterocycles. The van der Waals surface area contributed by atoms with Crippen LogP contribution in [0.1, 0.15) is 31.4 Å². The van der Waals surface area contributed by atoms with E-state index in [1.165, 1.54) is 0 Å². The second-order valence-electron chi connectivity index (χ2n) is 6.00. The summed E-state index contributed by atoms with van der Waals surface area (Å²) in [5, 5.41) is 21.5. The van der Waals surface area contributed by atoms with Crippen LogP contribution in [0, 0.1) is 0 Å². The summed E-state index contributed by atoms with van der Waals surface area (Å²) in [4.78, 5) is 0. The van der Waals surface area contributed by atoms with Crippen LogP contribution in [-0.4, -0.2) is 10.2 Å². The van der Waals surface area contributed by atoms with E-state index in [4.69, 9.17) is 4.74 Å². The Balaban J connectivity index is 1.93. The van der Waals surface area contributed by atoms with Crippen LogP contribution in [0.25, 0.3) is 16.8 Å². The molecule has 128 valence electrons. The number of ether oxygens (including phenoxy) is 1. The molecule has 0 saturated carbocycles. The molecular formula is C22H22O3. The number of rotatable bonds is 5. The summed E-state index contributed by atoms with van der Waals surface area (Å²) >= 11 is 0. The zero-order valence-electron chi connectivity index (χ0n) is 14.5. The van der Waals surface area contributed by atoms with Crippen molar-refractivity contribution >= 4 is 16.8 Å². The molecule has 0 aliphatic rings. The predicted octanol–water partition coefficient (Wildman–Crippen LogP) is 6.21. The number of aliphatic hydroxyl groups is 1. The second kappa shape index (κ2) is 7.31. The SMILES string of the molecule is CC/C(O)=C\c1cc(Oc2ccc3ccc(O)cc3c2)ccc1CC. The molecule has 2 N–H and O–H groups in total. The fraction of sp³-hybridized carbons (Fsp3) is 0.182. The zero-order chi connectivity index (χ0) is 17.8. The Labute approximate surface area is 147 Å². The van der Waals surface area contributed by atoms with Gasteiger partial charge in [-0.05, 0) is 70.8 Å². The Kier molecular flexibility index (Phi) is 4.94. The van der Waals surface area contributed by atoms with Crippen molar-refractivity contribution in [2.75, 3.05) is 0 Å². The van der Waals surface area contributed by atoms with Crippen LogP contribution in [0.5, 0.6) is 17.2 Å². The molecule has 0 radical (unpaired) electrons. The Morgan fingerprint density at radius 1 is 0.920 bits per heavy atom. The number of hydrogen-bond donors (Lipinski definition) is 2. The fourth-order valence-corrected chi connectivity index (χ4v) is 2.79. The summed E-state index contributed by atoms with van der Waals surface area (Å²) in [5.74, 6) is 2.01. The molecule has 3 heteroatoms. The van der Waals surface area contributed by atoms with Gasteiger partial charge in [-0.25, -0.2) is 0 Å². The van der Waals surface area contributed by atoms with Crippen molar-refractivity contribution in [3.8, 4) is 17.2 Å². The number of fused-ring (bicyclic) bond motifs is 1. The van der Waals surface area contributed by atoms with E-state index in [9.17, 15) is 10.2 Å². The minimum absolute atomic E-state index is 0.236. The third kappa shape index (κ3) is 3.94. The van der Waals surface area contributed by atoms with E-state index in [0.717, 1.165) is 28.3 Å². The number of aliphatic hydroxyl groups excluding tert-OH is 1. The van der Waals surface area contributed by atoms with Crippen LogP contribution in [0.3, 0.4) is 0 Å². The molecular weight excluding hydrogens is 312 g/mol. The lowest BCUT2D eigenvalue weighted by Crippen LogP contribution is -1.91. The van der Waals surface area contributed by atoms with Crippen LogP contribution < -0.4 is 4.74 Å². The molecule has 0 atom stereocenters. The first-order chi connectivity index (χ1) is 12.1. The lowest BCUT2D eigenvalue weighted by molar-refractivity contribution is 0.400. The van der Waals surface area contributed by atoms with Crippen molar-refractivity contribution in [2.45, 2.75) is 26.7 Å². The Hall–Kier alpha value is -2.94. The number of hydrogen-bond acceptors (Lipinski definition) is 3. The summed E-state index contributed by atoms with van der Waals surface area (Å²) in [6.45, 7) is 4.01. The van der Waals surface area contributed by atoms with E-state index in [1.807, 2.05) is 49.4 Å². The number of aryl methyl sites for hydroxylation is 1. The van der Waals surface area contributed by atoms with Gasteiger partial charge in [0.05, 0.1) is 5.76 Å². The Morgan fingerprint density at radius 2 is 1.64 bits per heavy atom. The van der Waals surface area contributed by atoms with Crippen molar-refractivity contribution < 1.29 is 14.9 Å². The van der Waals surface area contributed by atoms with E-state index in [2.05, 4.69) is 6.92 Å².